The number of carbonyl (C=O) groups is 1. The van der Waals surface area contributed by atoms with Crippen molar-refractivity contribution in [3.05, 3.63) is 45.7 Å². The molecule has 8 rings (SSSR count). The molecule has 3 aromatic rings. The van der Waals surface area contributed by atoms with Crippen LogP contribution in [-0.4, -0.2) is 37.3 Å². The summed E-state index contributed by atoms with van der Waals surface area (Å²) in [5, 5.41) is 3.92. The Morgan fingerprint density at radius 2 is 2.12 bits per heavy atom. The molecule has 5 aliphatic rings. The van der Waals surface area contributed by atoms with Crippen LogP contribution in [0.25, 0.3) is 17.1 Å². The molecule has 9 heteroatoms. The van der Waals surface area contributed by atoms with E-state index in [1.54, 1.807) is 13.1 Å². The molecule has 4 saturated carbocycles. The number of carbonyl (C=O) groups excluding carboxylic acids is 1. The molecule has 0 aliphatic heterocycles. The van der Waals surface area contributed by atoms with Crippen molar-refractivity contribution in [2.45, 2.75) is 56.9 Å². The lowest BCUT2D eigenvalue weighted by molar-refractivity contribution is -0.0600. The van der Waals surface area contributed by atoms with Gasteiger partial charge in [0.1, 0.15) is 0 Å². The van der Waals surface area contributed by atoms with Crippen molar-refractivity contribution >= 4 is 23.1 Å². The van der Waals surface area contributed by atoms with Crippen LogP contribution in [0.15, 0.2) is 21.6 Å². The number of nitrogens with one attached hydrogen (secondary N) is 1. The number of pyridine rings is 1. The van der Waals surface area contributed by atoms with E-state index in [1.807, 2.05) is 4.57 Å². The summed E-state index contributed by atoms with van der Waals surface area (Å²) in [4.78, 5) is 37.4. The molecule has 5 aliphatic carbocycles. The van der Waals surface area contributed by atoms with Gasteiger partial charge in [-0.3, -0.25) is 9.55 Å². The van der Waals surface area contributed by atoms with Crippen LogP contribution in [0.2, 0.25) is 0 Å². The molecule has 3 heterocycles. The number of fused-ring (bicyclic) bond motifs is 3. The second-order valence-electron chi connectivity index (χ2n) is 10.2. The Balaban J connectivity index is 1.29. The Kier molecular flexibility index (Phi) is 3.88. The number of nitrogens with zero attached hydrogens (tertiary/aromatic N) is 4. The topological polar surface area (TPSA) is 116 Å². The van der Waals surface area contributed by atoms with E-state index in [4.69, 9.17) is 9.26 Å². The zero-order valence-corrected chi connectivity index (χ0v) is 18.4. The van der Waals surface area contributed by atoms with E-state index in [0.29, 0.717) is 23.6 Å². The van der Waals surface area contributed by atoms with Crippen LogP contribution >= 0.6 is 0 Å². The fourth-order valence-corrected chi connectivity index (χ4v) is 7.49. The van der Waals surface area contributed by atoms with Crippen LogP contribution in [0.3, 0.4) is 0 Å². The van der Waals surface area contributed by atoms with Crippen molar-refractivity contribution in [1.82, 2.24) is 24.7 Å². The van der Waals surface area contributed by atoms with Gasteiger partial charge in [-0.2, -0.15) is 4.98 Å². The summed E-state index contributed by atoms with van der Waals surface area (Å²) in [5.41, 5.74) is 3.65. The highest BCUT2D eigenvalue weighted by molar-refractivity contribution is 5.87. The maximum Gasteiger partial charge on any atom is 0.379 e. The zero-order valence-electron chi connectivity index (χ0n) is 18.4. The predicted octanol–water partition coefficient (Wildman–Crippen LogP) is 3.17. The molecule has 2 unspecified atom stereocenters. The average molecular weight is 447 g/mol. The average Bonchev–Trinajstić information content (AvgIpc) is 3.52. The molecule has 4 bridgehead atoms. The third-order valence-electron chi connectivity index (χ3n) is 8.33. The van der Waals surface area contributed by atoms with Gasteiger partial charge in [0.05, 0.1) is 34.9 Å². The summed E-state index contributed by atoms with van der Waals surface area (Å²) in [5.74, 6) is 1.28. The number of H-pyrrole nitrogens is 1. The van der Waals surface area contributed by atoms with E-state index in [-0.39, 0.29) is 29.6 Å². The monoisotopic (exact) mass is 447 g/mol. The minimum atomic E-state index is -0.545. The van der Waals surface area contributed by atoms with Crippen molar-refractivity contribution < 1.29 is 14.1 Å². The molecule has 3 aromatic heterocycles. The van der Waals surface area contributed by atoms with Gasteiger partial charge in [0, 0.05) is 18.0 Å². The van der Waals surface area contributed by atoms with Gasteiger partial charge in [-0.05, 0) is 61.9 Å². The maximum absolute atomic E-state index is 13.2. The minimum Gasteiger partial charge on any atom is -0.460 e. The van der Waals surface area contributed by atoms with E-state index in [2.05, 4.69) is 32.3 Å². The number of hydrogen-bond donors (Lipinski definition) is 1. The molecule has 0 saturated heterocycles. The van der Waals surface area contributed by atoms with Crippen molar-refractivity contribution in [3.8, 4) is 0 Å². The largest absolute Gasteiger partial charge is 0.460 e. The number of imidazole rings is 1. The molecule has 1 N–H and O–H groups in total. The third-order valence-corrected chi connectivity index (χ3v) is 8.33. The number of esters is 1. The summed E-state index contributed by atoms with van der Waals surface area (Å²) < 4.78 is 12.7. The van der Waals surface area contributed by atoms with Gasteiger partial charge in [0.2, 0.25) is 5.89 Å². The molecule has 0 aromatic carbocycles. The second kappa shape index (κ2) is 6.65. The number of hydrogen-bond acceptors (Lipinski definition) is 7. The van der Waals surface area contributed by atoms with Crippen molar-refractivity contribution in [2.24, 2.45) is 17.8 Å². The Labute approximate surface area is 189 Å². The van der Waals surface area contributed by atoms with E-state index in [1.165, 1.54) is 0 Å². The van der Waals surface area contributed by atoms with Gasteiger partial charge in [0.15, 0.2) is 0 Å². The number of aromatic amines is 1. The van der Waals surface area contributed by atoms with Crippen LogP contribution in [0.4, 0.5) is 0 Å². The zero-order chi connectivity index (χ0) is 22.3. The van der Waals surface area contributed by atoms with E-state index >= 15 is 0 Å². The van der Waals surface area contributed by atoms with Gasteiger partial charge in [-0.25, -0.2) is 9.59 Å². The SMILES string of the molecule is CCOC(=O)c1noc(C23CC4CC(C2)C(n2c(=O)[nH]c5cnc6c(c52)C=CC6)C(C4)C3)n1. The molecular formula is C24H25N5O4. The lowest BCUT2D eigenvalue weighted by Gasteiger charge is -2.58. The Bertz CT molecular complexity index is 1370. The van der Waals surface area contributed by atoms with E-state index < -0.39 is 5.97 Å². The van der Waals surface area contributed by atoms with Crippen LogP contribution in [0.5, 0.6) is 0 Å². The molecule has 2 atom stereocenters. The summed E-state index contributed by atoms with van der Waals surface area (Å²) in [6.07, 6.45) is 11.8. The molecule has 0 amide bonds. The van der Waals surface area contributed by atoms with Gasteiger partial charge in [0.25, 0.3) is 5.82 Å². The highest BCUT2D eigenvalue weighted by atomic mass is 16.5. The predicted molar refractivity (Wildman–Crippen MR) is 118 cm³/mol. The maximum atomic E-state index is 13.2. The normalized spacial score (nSPS) is 31.4. The smallest absolute Gasteiger partial charge is 0.379 e. The molecule has 170 valence electrons. The number of aromatic nitrogens is 5. The van der Waals surface area contributed by atoms with Gasteiger partial charge < -0.3 is 14.2 Å². The van der Waals surface area contributed by atoms with Crippen molar-refractivity contribution in [1.29, 1.82) is 0 Å². The molecular weight excluding hydrogens is 422 g/mol. The van der Waals surface area contributed by atoms with Crippen LogP contribution in [0.1, 0.15) is 72.8 Å². The minimum absolute atomic E-state index is 0.00171. The molecule has 0 radical (unpaired) electrons. The van der Waals surface area contributed by atoms with Crippen LogP contribution in [-0.2, 0) is 16.6 Å². The van der Waals surface area contributed by atoms with Gasteiger partial charge in [-0.1, -0.05) is 12.2 Å². The summed E-state index contributed by atoms with van der Waals surface area (Å²) >= 11 is 0. The van der Waals surface area contributed by atoms with Crippen molar-refractivity contribution in [2.75, 3.05) is 6.61 Å². The standard InChI is InChI=1S/C24H25N5O4/c1-2-32-21(30)20-27-22(33-28-20)24-8-12-6-13(9-24)18(14(7-12)10-24)29-19-15-4-3-5-16(15)25-11-17(19)26-23(29)31/h3-4,11-14,18H,2,5-10H2,1H3,(H,26,31). The first-order valence-electron chi connectivity index (χ1n) is 11.9. The quantitative estimate of drug-likeness (QED) is 0.611. The van der Waals surface area contributed by atoms with Crippen LogP contribution in [0, 0.1) is 17.8 Å². The lowest BCUT2D eigenvalue weighted by atomic mass is 9.47. The van der Waals surface area contributed by atoms with E-state index in [0.717, 1.165) is 60.8 Å². The molecule has 0 spiro atoms. The number of allylic oxidation sites excluding steroid dienone is 1. The third kappa shape index (κ3) is 2.62. The van der Waals surface area contributed by atoms with E-state index in [9.17, 15) is 9.59 Å². The fourth-order valence-electron chi connectivity index (χ4n) is 7.49. The van der Waals surface area contributed by atoms with Crippen LogP contribution < -0.4 is 5.69 Å². The summed E-state index contributed by atoms with van der Waals surface area (Å²) in [6.45, 7) is 2.03. The Hall–Kier alpha value is -3.23. The molecule has 4 fully saturated rings. The number of rotatable bonds is 4. The summed E-state index contributed by atoms with van der Waals surface area (Å²) in [6, 6.07) is 0.142. The van der Waals surface area contributed by atoms with Gasteiger partial charge >= 0.3 is 11.7 Å². The first kappa shape index (κ1) is 19.3. The van der Waals surface area contributed by atoms with Gasteiger partial charge in [-0.15, -0.1) is 0 Å². The Morgan fingerprint density at radius 1 is 1.30 bits per heavy atom. The summed E-state index contributed by atoms with van der Waals surface area (Å²) in [7, 11) is 0. The molecule has 9 nitrogen and oxygen atoms in total. The first-order valence-corrected chi connectivity index (χ1v) is 11.9. The number of ether oxygens (including phenoxy) is 1. The first-order chi connectivity index (χ1) is 16.1. The second-order valence-corrected chi connectivity index (χ2v) is 10.2. The van der Waals surface area contributed by atoms with Crippen molar-refractivity contribution in [3.63, 3.8) is 0 Å². The fraction of sp³-hybridized carbons (Fsp3) is 0.542. The lowest BCUT2D eigenvalue weighted by Crippen LogP contribution is -2.54. The Morgan fingerprint density at radius 3 is 2.91 bits per heavy atom. The molecule has 33 heavy (non-hydrogen) atoms. The highest BCUT2D eigenvalue weighted by Gasteiger charge is 2.59. The highest BCUT2D eigenvalue weighted by Crippen LogP contribution is 2.64.